The van der Waals surface area contributed by atoms with E-state index in [1.807, 2.05) is 12.2 Å². The number of carbonyl (C=O) groups is 1. The van der Waals surface area contributed by atoms with Crippen molar-refractivity contribution in [1.29, 1.82) is 0 Å². The summed E-state index contributed by atoms with van der Waals surface area (Å²) in [7, 11) is 0. The molecular weight excluding hydrogens is 364 g/mol. The lowest BCUT2D eigenvalue weighted by atomic mass is 9.47. The Morgan fingerprint density at radius 1 is 1.03 bits per heavy atom. The number of carbonyl (C=O) groups excluding carboxylic acids is 1. The number of rotatable bonds is 6. The maximum absolute atomic E-state index is 12.0. The van der Waals surface area contributed by atoms with Crippen molar-refractivity contribution >= 4 is 5.78 Å². The molecule has 0 heterocycles. The minimum Gasteiger partial charge on any atom is -0.290 e. The lowest BCUT2D eigenvalue weighted by Crippen LogP contribution is -2.50. The largest absolute Gasteiger partial charge is 0.290 e. The first-order chi connectivity index (χ1) is 14.2. The Labute approximate surface area is 186 Å². The Morgan fingerprint density at radius 3 is 2.50 bits per heavy atom. The number of fused-ring (bicyclic) bond motifs is 5. The molecular formula is C29H46O. The maximum Gasteiger partial charge on any atom is 0.178 e. The molecule has 4 aliphatic rings. The van der Waals surface area contributed by atoms with E-state index in [9.17, 15) is 4.79 Å². The summed E-state index contributed by atoms with van der Waals surface area (Å²) in [5.41, 5.74) is 2.13. The second kappa shape index (κ2) is 8.25. The van der Waals surface area contributed by atoms with Crippen molar-refractivity contribution in [2.75, 3.05) is 0 Å². The highest BCUT2D eigenvalue weighted by Gasteiger charge is 2.58. The highest BCUT2D eigenvalue weighted by Crippen LogP contribution is 2.67. The normalized spacial score (nSPS) is 42.4. The summed E-state index contributed by atoms with van der Waals surface area (Å²) in [5.74, 6) is 6.23. The van der Waals surface area contributed by atoms with Gasteiger partial charge in [0.15, 0.2) is 5.78 Å². The molecule has 0 aromatic rings. The molecule has 0 amide bonds. The van der Waals surface area contributed by atoms with Gasteiger partial charge in [0.1, 0.15) is 0 Å². The second-order valence-electron chi connectivity index (χ2n) is 12.3. The molecule has 0 saturated heterocycles. The third-order valence-electron chi connectivity index (χ3n) is 10.8. The molecule has 0 aromatic heterocycles. The van der Waals surface area contributed by atoms with Crippen LogP contribution in [0.4, 0.5) is 0 Å². The third kappa shape index (κ3) is 3.57. The fraction of sp³-hybridized carbons (Fsp3) is 0.828. The van der Waals surface area contributed by atoms with E-state index in [2.05, 4.69) is 47.6 Å². The summed E-state index contributed by atoms with van der Waals surface area (Å²) < 4.78 is 0. The van der Waals surface area contributed by atoms with E-state index < -0.39 is 0 Å². The maximum atomic E-state index is 12.0. The summed E-state index contributed by atoms with van der Waals surface area (Å²) in [4.78, 5) is 12.0. The van der Waals surface area contributed by atoms with Gasteiger partial charge >= 0.3 is 0 Å². The third-order valence-corrected chi connectivity index (χ3v) is 10.8. The zero-order valence-electron chi connectivity index (χ0n) is 20.5. The Hall–Kier alpha value is -0.850. The standard InChI is InChI=1S/C29H46O/c1-7-21(19(2)3)9-8-20(4)25-12-13-26-24-11-10-22-18-23(30)14-16-28(22,5)27(24)15-17-29(25,26)6/h14,16,18-21,24-27H,7-13,15,17H2,1-6H3/t20-,21-,24-,25-,26+,27+,28+,29-/m1/s1. The molecule has 4 rings (SSSR count). The summed E-state index contributed by atoms with van der Waals surface area (Å²) >= 11 is 0. The highest BCUT2D eigenvalue weighted by molar-refractivity contribution is 6.01. The van der Waals surface area contributed by atoms with E-state index in [4.69, 9.17) is 0 Å². The number of allylic oxidation sites excluding steroid dienone is 4. The predicted molar refractivity (Wildman–Crippen MR) is 127 cm³/mol. The zero-order chi connectivity index (χ0) is 21.7. The highest BCUT2D eigenvalue weighted by atomic mass is 16.1. The predicted octanol–water partition coefficient (Wildman–Crippen LogP) is 8.01. The van der Waals surface area contributed by atoms with Gasteiger partial charge in [-0.1, -0.05) is 66.0 Å². The van der Waals surface area contributed by atoms with Crippen LogP contribution in [0.3, 0.4) is 0 Å². The molecule has 8 atom stereocenters. The number of hydrogen-bond donors (Lipinski definition) is 0. The van der Waals surface area contributed by atoms with E-state index in [0.29, 0.717) is 5.41 Å². The quantitative estimate of drug-likeness (QED) is 0.433. The molecule has 0 N–H and O–H groups in total. The molecule has 0 aromatic carbocycles. The van der Waals surface area contributed by atoms with Gasteiger partial charge in [-0.2, -0.15) is 0 Å². The molecule has 30 heavy (non-hydrogen) atoms. The molecule has 0 bridgehead atoms. The Kier molecular flexibility index (Phi) is 6.15. The van der Waals surface area contributed by atoms with Gasteiger partial charge in [0.05, 0.1) is 0 Å². The summed E-state index contributed by atoms with van der Waals surface area (Å²) in [6, 6.07) is 0. The smallest absolute Gasteiger partial charge is 0.178 e. The summed E-state index contributed by atoms with van der Waals surface area (Å²) in [6.45, 7) is 14.9. The summed E-state index contributed by atoms with van der Waals surface area (Å²) in [5, 5.41) is 0. The van der Waals surface area contributed by atoms with Crippen LogP contribution in [-0.4, -0.2) is 5.78 Å². The van der Waals surface area contributed by atoms with Crippen LogP contribution in [0.2, 0.25) is 0 Å². The van der Waals surface area contributed by atoms with Crippen molar-refractivity contribution in [2.24, 2.45) is 52.3 Å². The van der Waals surface area contributed by atoms with Crippen molar-refractivity contribution in [3.63, 3.8) is 0 Å². The first-order valence-corrected chi connectivity index (χ1v) is 13.1. The van der Waals surface area contributed by atoms with E-state index in [1.165, 1.54) is 56.9 Å². The lowest BCUT2D eigenvalue weighted by molar-refractivity contribution is -0.111. The van der Waals surface area contributed by atoms with Gasteiger partial charge in [0.25, 0.3) is 0 Å². The van der Waals surface area contributed by atoms with Gasteiger partial charge in [-0.15, -0.1) is 0 Å². The average molecular weight is 411 g/mol. The van der Waals surface area contributed by atoms with E-state index in [0.717, 1.165) is 47.8 Å². The Bertz CT molecular complexity index is 714. The zero-order valence-corrected chi connectivity index (χ0v) is 20.5. The molecule has 4 aliphatic carbocycles. The minimum absolute atomic E-state index is 0.146. The molecule has 1 nitrogen and oxygen atoms in total. The topological polar surface area (TPSA) is 17.1 Å². The van der Waals surface area contributed by atoms with Gasteiger partial charge in [-0.05, 0) is 104 Å². The van der Waals surface area contributed by atoms with Crippen molar-refractivity contribution in [3.8, 4) is 0 Å². The fourth-order valence-electron chi connectivity index (χ4n) is 8.86. The van der Waals surface area contributed by atoms with Gasteiger partial charge in [-0.25, -0.2) is 0 Å². The van der Waals surface area contributed by atoms with Gasteiger partial charge in [0, 0.05) is 5.41 Å². The van der Waals surface area contributed by atoms with Crippen LogP contribution in [0.25, 0.3) is 0 Å². The van der Waals surface area contributed by atoms with Crippen molar-refractivity contribution in [1.82, 2.24) is 0 Å². The van der Waals surface area contributed by atoms with Crippen molar-refractivity contribution in [3.05, 3.63) is 23.8 Å². The van der Waals surface area contributed by atoms with Crippen molar-refractivity contribution in [2.45, 2.75) is 99.3 Å². The van der Waals surface area contributed by atoms with E-state index in [-0.39, 0.29) is 11.2 Å². The molecule has 0 unspecified atom stereocenters. The molecule has 1 heteroatoms. The number of ketones is 1. The summed E-state index contributed by atoms with van der Waals surface area (Å²) in [6.07, 6.45) is 18.4. The Balaban J connectivity index is 1.48. The molecule has 0 radical (unpaired) electrons. The van der Waals surface area contributed by atoms with Gasteiger partial charge in [0.2, 0.25) is 0 Å². The van der Waals surface area contributed by atoms with Gasteiger partial charge in [-0.3, -0.25) is 4.79 Å². The molecule has 0 spiro atoms. The fourth-order valence-corrected chi connectivity index (χ4v) is 8.86. The first kappa shape index (κ1) is 22.3. The van der Waals surface area contributed by atoms with Gasteiger partial charge < -0.3 is 0 Å². The van der Waals surface area contributed by atoms with E-state index >= 15 is 0 Å². The average Bonchev–Trinajstić information content (AvgIpc) is 3.06. The SMILES string of the molecule is CC[C@H](CC[C@@H](C)[C@H]1CC[C@H]2[C@H]3CCC4=CC(=O)C=C[C@]4(C)[C@H]3CC[C@]12C)C(C)C. The molecule has 3 saturated carbocycles. The Morgan fingerprint density at radius 2 is 1.80 bits per heavy atom. The first-order valence-electron chi connectivity index (χ1n) is 13.1. The van der Waals surface area contributed by atoms with Crippen molar-refractivity contribution < 1.29 is 4.79 Å². The lowest BCUT2D eigenvalue weighted by Gasteiger charge is -2.57. The number of hydrogen-bond acceptors (Lipinski definition) is 1. The molecule has 3 fully saturated rings. The van der Waals surface area contributed by atoms with Crippen LogP contribution in [0.1, 0.15) is 99.3 Å². The van der Waals surface area contributed by atoms with Crippen LogP contribution in [-0.2, 0) is 4.79 Å². The second-order valence-corrected chi connectivity index (χ2v) is 12.3. The molecule has 0 aliphatic heterocycles. The van der Waals surface area contributed by atoms with Crippen LogP contribution >= 0.6 is 0 Å². The minimum atomic E-state index is 0.146. The van der Waals surface area contributed by atoms with Crippen LogP contribution in [0.5, 0.6) is 0 Å². The molecule has 168 valence electrons. The van der Waals surface area contributed by atoms with Crippen LogP contribution in [0.15, 0.2) is 23.8 Å². The monoisotopic (exact) mass is 410 g/mol. The van der Waals surface area contributed by atoms with E-state index in [1.54, 1.807) is 0 Å². The van der Waals surface area contributed by atoms with Crippen LogP contribution < -0.4 is 0 Å². The van der Waals surface area contributed by atoms with Crippen LogP contribution in [0, 0.1) is 52.3 Å².